The van der Waals surface area contributed by atoms with Crippen molar-refractivity contribution in [1.29, 1.82) is 0 Å². The first kappa shape index (κ1) is 24.0. The number of nitrogens with one attached hydrogen (secondary N) is 2. The Labute approximate surface area is 201 Å². The van der Waals surface area contributed by atoms with Crippen LogP contribution in [0.15, 0.2) is 82.5 Å². The third-order valence-corrected chi connectivity index (χ3v) is 6.48. The highest BCUT2D eigenvalue weighted by molar-refractivity contribution is 7.92. The van der Waals surface area contributed by atoms with Crippen molar-refractivity contribution in [2.24, 2.45) is 5.41 Å². The standard InChI is InChI=1S/C24H22FN5O4S/c1-24(2,15-25)23(31)27-18-6-3-7-19(13-18)30-35(32,33)20-10-8-16(9-11-20)21-28-22(34-29-21)17-5-4-12-26-14-17/h3-14,30H,15H2,1-2H3,(H,27,31). The summed E-state index contributed by atoms with van der Waals surface area (Å²) in [6.07, 6.45) is 3.23. The highest BCUT2D eigenvalue weighted by Crippen LogP contribution is 2.25. The number of amides is 1. The maximum Gasteiger partial charge on any atom is 0.261 e. The van der Waals surface area contributed by atoms with Crippen molar-refractivity contribution in [2.75, 3.05) is 16.7 Å². The fourth-order valence-electron chi connectivity index (χ4n) is 2.97. The van der Waals surface area contributed by atoms with E-state index in [0.717, 1.165) is 0 Å². The van der Waals surface area contributed by atoms with E-state index in [1.54, 1.807) is 54.9 Å². The van der Waals surface area contributed by atoms with Crippen molar-refractivity contribution in [1.82, 2.24) is 15.1 Å². The largest absolute Gasteiger partial charge is 0.334 e. The molecule has 0 fully saturated rings. The monoisotopic (exact) mass is 495 g/mol. The Balaban J connectivity index is 1.48. The Kier molecular flexibility index (Phi) is 6.61. The minimum Gasteiger partial charge on any atom is -0.334 e. The van der Waals surface area contributed by atoms with Gasteiger partial charge in [-0.15, -0.1) is 0 Å². The zero-order valence-electron chi connectivity index (χ0n) is 18.9. The molecular formula is C24H22FN5O4S. The molecule has 9 nitrogen and oxygen atoms in total. The van der Waals surface area contributed by atoms with Gasteiger partial charge in [0.15, 0.2) is 0 Å². The molecule has 2 heterocycles. The number of rotatable bonds is 8. The number of hydrogen-bond donors (Lipinski definition) is 2. The van der Waals surface area contributed by atoms with Crippen LogP contribution in [0, 0.1) is 5.41 Å². The van der Waals surface area contributed by atoms with Crippen LogP contribution in [0.4, 0.5) is 15.8 Å². The lowest BCUT2D eigenvalue weighted by atomic mass is 9.94. The summed E-state index contributed by atoms with van der Waals surface area (Å²) in [5, 5.41) is 6.54. The fraction of sp³-hybridized carbons (Fsp3) is 0.167. The summed E-state index contributed by atoms with van der Waals surface area (Å²) in [6, 6.07) is 15.7. The van der Waals surface area contributed by atoms with Crippen molar-refractivity contribution < 1.29 is 22.1 Å². The van der Waals surface area contributed by atoms with Crippen LogP contribution in [-0.2, 0) is 14.8 Å². The average Bonchev–Trinajstić information content (AvgIpc) is 3.35. The van der Waals surface area contributed by atoms with E-state index >= 15 is 0 Å². The summed E-state index contributed by atoms with van der Waals surface area (Å²) >= 11 is 0. The van der Waals surface area contributed by atoms with Gasteiger partial charge >= 0.3 is 0 Å². The predicted molar refractivity (Wildman–Crippen MR) is 129 cm³/mol. The molecule has 0 spiro atoms. The molecule has 0 radical (unpaired) electrons. The molecule has 11 heteroatoms. The first-order valence-corrected chi connectivity index (χ1v) is 12.0. The topological polar surface area (TPSA) is 127 Å². The summed E-state index contributed by atoms with van der Waals surface area (Å²) in [5.41, 5.74) is 0.622. The van der Waals surface area contributed by atoms with E-state index in [4.69, 9.17) is 4.52 Å². The molecule has 4 aromatic rings. The molecule has 1 amide bonds. The summed E-state index contributed by atoms with van der Waals surface area (Å²) in [6.45, 7) is 2.13. The molecule has 0 aliphatic carbocycles. The number of halogens is 1. The van der Waals surface area contributed by atoms with Crippen LogP contribution >= 0.6 is 0 Å². The van der Waals surface area contributed by atoms with Gasteiger partial charge in [0.2, 0.25) is 11.7 Å². The van der Waals surface area contributed by atoms with Gasteiger partial charge in [-0.3, -0.25) is 14.5 Å². The number of hydrogen-bond acceptors (Lipinski definition) is 7. The van der Waals surface area contributed by atoms with Crippen molar-refractivity contribution in [3.05, 3.63) is 73.1 Å². The van der Waals surface area contributed by atoms with E-state index in [-0.39, 0.29) is 10.6 Å². The van der Waals surface area contributed by atoms with E-state index in [1.807, 2.05) is 0 Å². The van der Waals surface area contributed by atoms with Gasteiger partial charge in [-0.05, 0) is 68.4 Å². The molecule has 2 aromatic heterocycles. The minimum atomic E-state index is -3.92. The quantitative estimate of drug-likeness (QED) is 0.367. The van der Waals surface area contributed by atoms with Gasteiger partial charge in [0.05, 0.1) is 21.6 Å². The fourth-order valence-corrected chi connectivity index (χ4v) is 4.02. The molecule has 180 valence electrons. The van der Waals surface area contributed by atoms with Gasteiger partial charge < -0.3 is 9.84 Å². The van der Waals surface area contributed by atoms with Crippen LogP contribution in [0.5, 0.6) is 0 Å². The van der Waals surface area contributed by atoms with Crippen molar-refractivity contribution in [2.45, 2.75) is 18.7 Å². The van der Waals surface area contributed by atoms with Gasteiger partial charge in [-0.25, -0.2) is 12.8 Å². The van der Waals surface area contributed by atoms with Gasteiger partial charge in [0.1, 0.15) is 6.67 Å². The normalized spacial score (nSPS) is 11.7. The van der Waals surface area contributed by atoms with E-state index in [1.165, 1.54) is 32.0 Å². The smallest absolute Gasteiger partial charge is 0.261 e. The number of anilines is 2. The Hall–Kier alpha value is -4.12. The summed E-state index contributed by atoms with van der Waals surface area (Å²) in [5.74, 6) is 0.0949. The Bertz CT molecular complexity index is 1440. The second-order valence-electron chi connectivity index (χ2n) is 8.35. The molecule has 0 atom stereocenters. The van der Waals surface area contributed by atoms with Crippen molar-refractivity contribution in [3.63, 3.8) is 0 Å². The van der Waals surface area contributed by atoms with E-state index in [0.29, 0.717) is 28.5 Å². The zero-order chi connectivity index (χ0) is 25.1. The first-order chi connectivity index (χ1) is 16.7. The Morgan fingerprint density at radius 1 is 1.03 bits per heavy atom. The zero-order valence-corrected chi connectivity index (χ0v) is 19.7. The molecule has 0 aliphatic heterocycles. The maximum atomic E-state index is 13.1. The maximum absolute atomic E-state index is 13.1. The summed E-state index contributed by atoms with van der Waals surface area (Å²) < 4.78 is 46.5. The minimum absolute atomic E-state index is 0.0187. The molecule has 0 unspecified atom stereocenters. The number of nitrogens with zero attached hydrogens (tertiary/aromatic N) is 3. The Morgan fingerprint density at radius 2 is 1.77 bits per heavy atom. The molecule has 35 heavy (non-hydrogen) atoms. The van der Waals surface area contributed by atoms with E-state index in [2.05, 4.69) is 25.2 Å². The van der Waals surface area contributed by atoms with Gasteiger partial charge in [-0.1, -0.05) is 11.2 Å². The predicted octanol–water partition coefficient (Wildman–Crippen LogP) is 4.53. The van der Waals surface area contributed by atoms with Gasteiger partial charge in [0.25, 0.3) is 15.9 Å². The molecule has 2 aromatic carbocycles. The Morgan fingerprint density at radius 3 is 2.46 bits per heavy atom. The van der Waals surface area contributed by atoms with Crippen molar-refractivity contribution in [3.8, 4) is 22.8 Å². The number of sulfonamides is 1. The third kappa shape index (κ3) is 5.52. The molecule has 4 rings (SSSR count). The van der Waals surface area contributed by atoms with Crippen LogP contribution in [0.1, 0.15) is 13.8 Å². The van der Waals surface area contributed by atoms with Crippen LogP contribution in [0.25, 0.3) is 22.8 Å². The van der Waals surface area contributed by atoms with Gasteiger partial charge in [-0.2, -0.15) is 4.98 Å². The van der Waals surface area contributed by atoms with Crippen LogP contribution in [0.3, 0.4) is 0 Å². The van der Waals surface area contributed by atoms with E-state index in [9.17, 15) is 17.6 Å². The number of pyridine rings is 1. The summed E-state index contributed by atoms with van der Waals surface area (Å²) in [4.78, 5) is 20.6. The summed E-state index contributed by atoms with van der Waals surface area (Å²) in [7, 11) is -3.92. The SMILES string of the molecule is CC(C)(CF)C(=O)Nc1cccc(NS(=O)(=O)c2ccc(-c3noc(-c4cccnc4)n3)cc2)c1. The van der Waals surface area contributed by atoms with Gasteiger partial charge in [0, 0.05) is 23.6 Å². The van der Waals surface area contributed by atoms with E-state index < -0.39 is 28.0 Å². The number of carbonyl (C=O) groups is 1. The molecule has 0 aliphatic rings. The molecular weight excluding hydrogens is 473 g/mol. The highest BCUT2D eigenvalue weighted by atomic mass is 32.2. The number of aromatic nitrogens is 3. The third-order valence-electron chi connectivity index (χ3n) is 5.08. The first-order valence-electron chi connectivity index (χ1n) is 10.5. The number of carbonyl (C=O) groups excluding carboxylic acids is 1. The highest BCUT2D eigenvalue weighted by Gasteiger charge is 2.27. The lowest BCUT2D eigenvalue weighted by Gasteiger charge is -2.19. The molecule has 0 saturated carbocycles. The number of benzene rings is 2. The van der Waals surface area contributed by atoms with Crippen LogP contribution in [-0.4, -0.2) is 36.1 Å². The number of alkyl halides is 1. The lowest BCUT2D eigenvalue weighted by molar-refractivity contribution is -0.124. The second kappa shape index (κ2) is 9.63. The molecule has 0 saturated heterocycles. The molecule has 2 N–H and O–H groups in total. The van der Waals surface area contributed by atoms with Crippen LogP contribution < -0.4 is 10.0 Å². The molecule has 0 bridgehead atoms. The lowest BCUT2D eigenvalue weighted by Crippen LogP contribution is -2.32. The average molecular weight is 496 g/mol. The van der Waals surface area contributed by atoms with Crippen molar-refractivity contribution >= 4 is 27.3 Å². The second-order valence-corrected chi connectivity index (χ2v) is 10.0. The van der Waals surface area contributed by atoms with Crippen LogP contribution in [0.2, 0.25) is 0 Å².